The quantitative estimate of drug-likeness (QED) is 0.793. The minimum atomic E-state index is -0.252. The maximum Gasteiger partial charge on any atom is 0.293 e. The van der Waals surface area contributed by atoms with Crippen molar-refractivity contribution in [3.05, 3.63) is 51.8 Å². The summed E-state index contributed by atoms with van der Waals surface area (Å²) in [7, 11) is 1.50. The highest BCUT2D eigenvalue weighted by Gasteiger charge is 2.32. The van der Waals surface area contributed by atoms with E-state index in [1.807, 2.05) is 49.7 Å². The van der Waals surface area contributed by atoms with E-state index in [1.165, 1.54) is 7.05 Å². The van der Waals surface area contributed by atoms with Crippen molar-refractivity contribution in [1.82, 2.24) is 14.5 Å². The van der Waals surface area contributed by atoms with Gasteiger partial charge < -0.3 is 4.57 Å². The molecule has 0 spiro atoms. The molecule has 2 aromatic rings. The second kappa shape index (κ2) is 5.70. The number of pyridine rings is 1. The predicted octanol–water partition coefficient (Wildman–Crippen LogP) is 3.46. The zero-order valence-corrected chi connectivity index (χ0v) is 14.3. The van der Waals surface area contributed by atoms with Crippen molar-refractivity contribution in [3.8, 4) is 5.82 Å². The maximum atomic E-state index is 12.0. The average Bonchev–Trinajstić information content (AvgIpc) is 2.92. The third-order valence-corrected chi connectivity index (χ3v) is 4.83. The summed E-state index contributed by atoms with van der Waals surface area (Å²) in [6, 6.07) is 5.99. The number of hydrogen-bond acceptors (Lipinski definition) is 4. The molecule has 23 heavy (non-hydrogen) atoms. The Bertz CT molecular complexity index is 834. The standard InChI is InChI=1S/C17H17N3O2S/c1-10-5-6-15(18-9-10)20-11(2)7-13(12(20)3)8-14-16(21)19(4)17(22)23-14/h5-9H,1-4H3/b14-8-. The van der Waals surface area contributed by atoms with Crippen LogP contribution in [0.1, 0.15) is 22.5 Å². The minimum Gasteiger partial charge on any atom is -0.303 e. The molecule has 118 valence electrons. The Balaban J connectivity index is 2.03. The fourth-order valence-electron chi connectivity index (χ4n) is 2.57. The molecule has 1 aliphatic rings. The number of amides is 2. The molecule has 1 saturated heterocycles. The summed E-state index contributed by atoms with van der Waals surface area (Å²) in [6.45, 7) is 5.98. The zero-order valence-electron chi connectivity index (χ0n) is 13.5. The van der Waals surface area contributed by atoms with Crippen LogP contribution >= 0.6 is 11.8 Å². The largest absolute Gasteiger partial charge is 0.303 e. The Morgan fingerprint density at radius 1 is 1.17 bits per heavy atom. The molecule has 2 amide bonds. The molecular formula is C17H17N3O2S. The van der Waals surface area contributed by atoms with Gasteiger partial charge in [0.15, 0.2) is 0 Å². The number of aryl methyl sites for hydroxylation is 2. The molecule has 0 atom stereocenters. The first kappa shape index (κ1) is 15.6. The van der Waals surface area contributed by atoms with Gasteiger partial charge in [0.25, 0.3) is 11.1 Å². The number of carbonyl (C=O) groups is 2. The van der Waals surface area contributed by atoms with Crippen LogP contribution in [0.3, 0.4) is 0 Å². The highest BCUT2D eigenvalue weighted by Crippen LogP contribution is 2.32. The van der Waals surface area contributed by atoms with Gasteiger partial charge in [0.1, 0.15) is 5.82 Å². The molecule has 0 unspecified atom stereocenters. The second-order valence-electron chi connectivity index (χ2n) is 5.60. The molecule has 3 heterocycles. The first-order valence-corrected chi connectivity index (χ1v) is 8.03. The van der Waals surface area contributed by atoms with Gasteiger partial charge in [0.2, 0.25) is 0 Å². The highest BCUT2D eigenvalue weighted by molar-refractivity contribution is 8.18. The molecule has 2 aromatic heterocycles. The van der Waals surface area contributed by atoms with Gasteiger partial charge in [-0.2, -0.15) is 0 Å². The Hall–Kier alpha value is -2.34. The first-order chi connectivity index (χ1) is 10.9. The zero-order chi connectivity index (χ0) is 16.7. The lowest BCUT2D eigenvalue weighted by Gasteiger charge is -2.08. The smallest absolute Gasteiger partial charge is 0.293 e. The Morgan fingerprint density at radius 2 is 1.91 bits per heavy atom. The van der Waals surface area contributed by atoms with E-state index in [2.05, 4.69) is 4.98 Å². The van der Waals surface area contributed by atoms with E-state index in [0.717, 1.165) is 45.0 Å². The normalized spacial score (nSPS) is 16.7. The van der Waals surface area contributed by atoms with Gasteiger partial charge in [-0.05, 0) is 61.9 Å². The molecule has 0 N–H and O–H groups in total. The Labute approximate surface area is 139 Å². The highest BCUT2D eigenvalue weighted by atomic mass is 32.2. The molecule has 0 radical (unpaired) electrons. The van der Waals surface area contributed by atoms with E-state index in [1.54, 1.807) is 6.08 Å². The van der Waals surface area contributed by atoms with Gasteiger partial charge in [-0.3, -0.25) is 14.5 Å². The SMILES string of the molecule is Cc1ccc(-n2c(C)cc(/C=C3\SC(=O)N(C)C3=O)c2C)nc1. The topological polar surface area (TPSA) is 55.2 Å². The van der Waals surface area contributed by atoms with Crippen molar-refractivity contribution in [2.24, 2.45) is 0 Å². The summed E-state index contributed by atoms with van der Waals surface area (Å²) in [5, 5.41) is -0.241. The third kappa shape index (κ3) is 2.70. The van der Waals surface area contributed by atoms with Gasteiger partial charge >= 0.3 is 0 Å². The molecular weight excluding hydrogens is 310 g/mol. The van der Waals surface area contributed by atoms with Crippen LogP contribution in [0.25, 0.3) is 11.9 Å². The fraction of sp³-hybridized carbons (Fsp3) is 0.235. The molecule has 6 heteroatoms. The molecule has 0 aromatic carbocycles. The van der Waals surface area contributed by atoms with Crippen LogP contribution in [0.15, 0.2) is 29.3 Å². The van der Waals surface area contributed by atoms with E-state index >= 15 is 0 Å². The van der Waals surface area contributed by atoms with Crippen molar-refractivity contribution in [2.75, 3.05) is 7.05 Å². The lowest BCUT2D eigenvalue weighted by atomic mass is 10.2. The summed E-state index contributed by atoms with van der Waals surface area (Å²) < 4.78 is 2.04. The van der Waals surface area contributed by atoms with Gasteiger partial charge in [0.05, 0.1) is 4.91 Å². The molecule has 0 saturated carbocycles. The number of aromatic nitrogens is 2. The van der Waals surface area contributed by atoms with E-state index in [9.17, 15) is 9.59 Å². The number of thioether (sulfide) groups is 1. The third-order valence-electron chi connectivity index (χ3n) is 3.87. The molecule has 1 aliphatic heterocycles. The molecule has 5 nitrogen and oxygen atoms in total. The second-order valence-corrected chi connectivity index (χ2v) is 6.59. The number of imide groups is 1. The number of hydrogen-bond donors (Lipinski definition) is 0. The average molecular weight is 327 g/mol. The Morgan fingerprint density at radius 3 is 2.48 bits per heavy atom. The molecule has 0 aliphatic carbocycles. The predicted molar refractivity (Wildman–Crippen MR) is 91.5 cm³/mol. The van der Waals surface area contributed by atoms with E-state index < -0.39 is 0 Å². The Kier molecular flexibility index (Phi) is 3.85. The number of rotatable bonds is 2. The summed E-state index contributed by atoms with van der Waals surface area (Å²) in [6.07, 6.45) is 3.61. The number of nitrogens with zero attached hydrogens (tertiary/aromatic N) is 3. The van der Waals surface area contributed by atoms with Crippen LogP contribution in [0.2, 0.25) is 0 Å². The summed E-state index contributed by atoms with van der Waals surface area (Å²) in [5.74, 6) is 0.590. The molecule has 0 bridgehead atoms. The van der Waals surface area contributed by atoms with Crippen molar-refractivity contribution >= 4 is 29.0 Å². The summed E-state index contributed by atoms with van der Waals surface area (Å²) in [4.78, 5) is 29.7. The van der Waals surface area contributed by atoms with E-state index in [0.29, 0.717) is 4.91 Å². The number of carbonyl (C=O) groups excluding carboxylic acids is 2. The summed E-state index contributed by atoms with van der Waals surface area (Å²) >= 11 is 0.972. The first-order valence-electron chi connectivity index (χ1n) is 7.22. The van der Waals surface area contributed by atoms with Crippen LogP contribution in [-0.2, 0) is 4.79 Å². The van der Waals surface area contributed by atoms with Crippen molar-refractivity contribution in [3.63, 3.8) is 0 Å². The van der Waals surface area contributed by atoms with Crippen LogP contribution in [-0.4, -0.2) is 32.6 Å². The minimum absolute atomic E-state index is 0.241. The molecule has 3 rings (SSSR count). The van der Waals surface area contributed by atoms with Gasteiger partial charge in [0, 0.05) is 24.6 Å². The summed E-state index contributed by atoms with van der Waals surface area (Å²) in [5.41, 5.74) is 4.04. The van der Waals surface area contributed by atoms with Gasteiger partial charge in [-0.15, -0.1) is 0 Å². The lowest BCUT2D eigenvalue weighted by Crippen LogP contribution is -2.22. The van der Waals surface area contributed by atoms with Gasteiger partial charge in [-0.1, -0.05) is 6.07 Å². The van der Waals surface area contributed by atoms with Crippen LogP contribution in [0.5, 0.6) is 0 Å². The van der Waals surface area contributed by atoms with E-state index in [4.69, 9.17) is 0 Å². The maximum absolute atomic E-state index is 12.0. The number of likely N-dealkylation sites (N-methyl/N-ethyl adjacent to an activating group) is 1. The van der Waals surface area contributed by atoms with E-state index in [-0.39, 0.29) is 11.1 Å². The monoisotopic (exact) mass is 327 g/mol. The van der Waals surface area contributed by atoms with Gasteiger partial charge in [-0.25, -0.2) is 4.98 Å². The van der Waals surface area contributed by atoms with Crippen molar-refractivity contribution < 1.29 is 9.59 Å². The molecule has 1 fully saturated rings. The lowest BCUT2D eigenvalue weighted by molar-refractivity contribution is -0.121. The van der Waals surface area contributed by atoms with Crippen LogP contribution in [0, 0.1) is 20.8 Å². The van der Waals surface area contributed by atoms with Crippen molar-refractivity contribution in [1.29, 1.82) is 0 Å². The van der Waals surface area contributed by atoms with Crippen molar-refractivity contribution in [2.45, 2.75) is 20.8 Å². The van der Waals surface area contributed by atoms with Crippen LogP contribution in [0.4, 0.5) is 4.79 Å². The van der Waals surface area contributed by atoms with Crippen LogP contribution < -0.4 is 0 Å². The fourth-order valence-corrected chi connectivity index (χ4v) is 3.38.